The van der Waals surface area contributed by atoms with Crippen LogP contribution in [0.25, 0.3) is 0 Å². The van der Waals surface area contributed by atoms with Crippen LogP contribution in [0.5, 0.6) is 0 Å². The number of hydrogen-bond acceptors (Lipinski definition) is 3. The third-order valence-electron chi connectivity index (χ3n) is 3.08. The Balaban J connectivity index is 2.22. The van der Waals surface area contributed by atoms with Crippen molar-refractivity contribution in [2.24, 2.45) is 0 Å². The lowest BCUT2D eigenvalue weighted by Crippen LogP contribution is -2.21. The third kappa shape index (κ3) is 3.19. The van der Waals surface area contributed by atoms with Crippen LogP contribution in [-0.4, -0.2) is 21.8 Å². The summed E-state index contributed by atoms with van der Waals surface area (Å²) in [4.78, 5) is 4.25. The fourth-order valence-electron chi connectivity index (χ4n) is 2.01. The molecule has 0 aliphatic carbocycles. The molecule has 102 valence electrons. The van der Waals surface area contributed by atoms with Gasteiger partial charge in [0.05, 0.1) is 4.47 Å². The minimum Gasteiger partial charge on any atom is -0.313 e. The van der Waals surface area contributed by atoms with E-state index in [9.17, 15) is 4.39 Å². The first-order valence-electron chi connectivity index (χ1n) is 6.14. The number of nitrogens with zero attached hydrogens (tertiary/aromatic N) is 3. The van der Waals surface area contributed by atoms with Gasteiger partial charge in [0.15, 0.2) is 0 Å². The molecule has 19 heavy (non-hydrogen) atoms. The Hall–Kier alpha value is -1.27. The highest BCUT2D eigenvalue weighted by atomic mass is 79.9. The van der Waals surface area contributed by atoms with E-state index in [1.807, 2.05) is 24.7 Å². The standard InChI is InChI=1S/C13H16BrFN4/c1-3-19-13(17-8-18-19)7-12(16-2)9-4-5-10(14)11(15)6-9/h4-6,8,12,16H,3,7H2,1-2H3. The number of likely N-dealkylation sites (N-methyl/N-ethyl adjacent to an activating group) is 1. The first-order chi connectivity index (χ1) is 9.15. The van der Waals surface area contributed by atoms with E-state index in [-0.39, 0.29) is 11.9 Å². The van der Waals surface area contributed by atoms with Gasteiger partial charge in [-0.3, -0.25) is 4.68 Å². The summed E-state index contributed by atoms with van der Waals surface area (Å²) in [7, 11) is 1.86. The second-order valence-electron chi connectivity index (χ2n) is 4.21. The summed E-state index contributed by atoms with van der Waals surface area (Å²) in [6, 6.07) is 5.18. The molecule has 2 aromatic rings. The Morgan fingerprint density at radius 3 is 2.89 bits per heavy atom. The molecule has 4 nitrogen and oxygen atoms in total. The van der Waals surface area contributed by atoms with E-state index in [0.29, 0.717) is 10.9 Å². The Morgan fingerprint density at radius 1 is 1.47 bits per heavy atom. The van der Waals surface area contributed by atoms with E-state index in [2.05, 4.69) is 31.3 Å². The smallest absolute Gasteiger partial charge is 0.138 e. The molecule has 2 rings (SSSR count). The van der Waals surface area contributed by atoms with Crippen molar-refractivity contribution in [3.05, 3.63) is 46.2 Å². The zero-order chi connectivity index (χ0) is 13.8. The van der Waals surface area contributed by atoms with Gasteiger partial charge in [0, 0.05) is 19.0 Å². The van der Waals surface area contributed by atoms with Gasteiger partial charge >= 0.3 is 0 Å². The number of hydrogen-bond donors (Lipinski definition) is 1. The van der Waals surface area contributed by atoms with Crippen LogP contribution in [-0.2, 0) is 13.0 Å². The van der Waals surface area contributed by atoms with Crippen LogP contribution in [0.3, 0.4) is 0 Å². The van der Waals surface area contributed by atoms with Gasteiger partial charge in [-0.2, -0.15) is 5.10 Å². The molecule has 0 saturated heterocycles. The molecule has 6 heteroatoms. The van der Waals surface area contributed by atoms with Crippen LogP contribution in [0.4, 0.5) is 4.39 Å². The van der Waals surface area contributed by atoms with E-state index < -0.39 is 0 Å². The summed E-state index contributed by atoms with van der Waals surface area (Å²) < 4.78 is 15.9. The number of benzene rings is 1. The van der Waals surface area contributed by atoms with Crippen LogP contribution >= 0.6 is 15.9 Å². The monoisotopic (exact) mass is 326 g/mol. The molecule has 0 fully saturated rings. The molecular weight excluding hydrogens is 311 g/mol. The molecule has 1 aromatic carbocycles. The molecule has 1 heterocycles. The van der Waals surface area contributed by atoms with E-state index in [4.69, 9.17) is 0 Å². The average Bonchev–Trinajstić information content (AvgIpc) is 2.86. The molecule has 0 aliphatic heterocycles. The van der Waals surface area contributed by atoms with E-state index in [1.54, 1.807) is 12.4 Å². The fraction of sp³-hybridized carbons (Fsp3) is 0.385. The van der Waals surface area contributed by atoms with Gasteiger partial charge in [0.2, 0.25) is 0 Å². The predicted octanol–water partition coefficient (Wildman–Crippen LogP) is 2.70. The quantitative estimate of drug-likeness (QED) is 0.918. The van der Waals surface area contributed by atoms with Crippen LogP contribution in [0.15, 0.2) is 29.0 Å². The minimum atomic E-state index is -0.255. The zero-order valence-corrected chi connectivity index (χ0v) is 12.5. The van der Waals surface area contributed by atoms with Crippen molar-refractivity contribution < 1.29 is 4.39 Å². The number of rotatable bonds is 5. The topological polar surface area (TPSA) is 42.7 Å². The lowest BCUT2D eigenvalue weighted by Gasteiger charge is -2.16. The minimum absolute atomic E-state index is 0.0112. The Labute approximate surface area is 120 Å². The molecule has 1 atom stereocenters. The van der Waals surface area contributed by atoms with E-state index in [1.165, 1.54) is 6.07 Å². The molecule has 0 amide bonds. The van der Waals surface area contributed by atoms with Crippen molar-refractivity contribution in [1.29, 1.82) is 0 Å². The molecule has 1 aromatic heterocycles. The molecular formula is C13H16BrFN4. The summed E-state index contributed by atoms with van der Waals surface area (Å²) in [5.41, 5.74) is 0.897. The first-order valence-corrected chi connectivity index (χ1v) is 6.94. The van der Waals surface area contributed by atoms with Gasteiger partial charge in [0.25, 0.3) is 0 Å². The van der Waals surface area contributed by atoms with Crippen LogP contribution in [0, 0.1) is 5.82 Å². The van der Waals surface area contributed by atoms with Crippen LogP contribution in [0.2, 0.25) is 0 Å². The van der Waals surface area contributed by atoms with E-state index in [0.717, 1.165) is 17.9 Å². The highest BCUT2D eigenvalue weighted by Gasteiger charge is 2.15. The Morgan fingerprint density at radius 2 is 2.26 bits per heavy atom. The second kappa shape index (κ2) is 6.25. The molecule has 0 spiro atoms. The summed E-state index contributed by atoms with van der Waals surface area (Å²) >= 11 is 3.16. The van der Waals surface area contributed by atoms with Crippen molar-refractivity contribution in [2.45, 2.75) is 25.9 Å². The van der Waals surface area contributed by atoms with Crippen molar-refractivity contribution in [1.82, 2.24) is 20.1 Å². The number of aromatic nitrogens is 3. The van der Waals surface area contributed by atoms with E-state index >= 15 is 0 Å². The van der Waals surface area contributed by atoms with Crippen molar-refractivity contribution >= 4 is 15.9 Å². The Bertz CT molecular complexity index is 555. The summed E-state index contributed by atoms with van der Waals surface area (Å²) in [6.45, 7) is 2.80. The summed E-state index contributed by atoms with van der Waals surface area (Å²) in [5.74, 6) is 0.639. The van der Waals surface area contributed by atoms with Crippen LogP contribution < -0.4 is 5.32 Å². The van der Waals surface area contributed by atoms with Gasteiger partial charge in [0.1, 0.15) is 18.0 Å². The van der Waals surface area contributed by atoms with Gasteiger partial charge in [-0.25, -0.2) is 9.37 Å². The normalized spacial score (nSPS) is 12.6. The second-order valence-corrected chi connectivity index (χ2v) is 5.07. The highest BCUT2D eigenvalue weighted by Crippen LogP contribution is 2.22. The maximum Gasteiger partial charge on any atom is 0.138 e. The lowest BCUT2D eigenvalue weighted by molar-refractivity contribution is 0.529. The van der Waals surface area contributed by atoms with Gasteiger partial charge < -0.3 is 5.32 Å². The van der Waals surface area contributed by atoms with Crippen molar-refractivity contribution in [3.8, 4) is 0 Å². The average molecular weight is 327 g/mol. The molecule has 0 bridgehead atoms. The largest absolute Gasteiger partial charge is 0.313 e. The predicted molar refractivity (Wildman–Crippen MR) is 75.3 cm³/mol. The molecule has 1 unspecified atom stereocenters. The van der Waals surface area contributed by atoms with Crippen molar-refractivity contribution in [3.63, 3.8) is 0 Å². The molecule has 1 N–H and O–H groups in total. The Kier molecular flexibility index (Phi) is 4.66. The molecule has 0 saturated carbocycles. The number of halogens is 2. The number of nitrogens with one attached hydrogen (secondary N) is 1. The van der Waals surface area contributed by atoms with Gasteiger partial charge in [-0.15, -0.1) is 0 Å². The molecule has 0 radical (unpaired) electrons. The fourth-order valence-corrected chi connectivity index (χ4v) is 2.26. The SMILES string of the molecule is CCn1ncnc1CC(NC)c1ccc(Br)c(F)c1. The van der Waals surface area contributed by atoms with Gasteiger partial charge in [-0.1, -0.05) is 6.07 Å². The summed E-state index contributed by atoms with van der Waals surface area (Å²) in [6.07, 6.45) is 2.22. The lowest BCUT2D eigenvalue weighted by atomic mass is 10.0. The maximum absolute atomic E-state index is 13.6. The van der Waals surface area contributed by atoms with Crippen LogP contribution in [0.1, 0.15) is 24.4 Å². The highest BCUT2D eigenvalue weighted by molar-refractivity contribution is 9.10. The van der Waals surface area contributed by atoms with Crippen molar-refractivity contribution in [2.75, 3.05) is 7.05 Å². The zero-order valence-electron chi connectivity index (χ0n) is 10.9. The third-order valence-corrected chi connectivity index (χ3v) is 3.72. The summed E-state index contributed by atoms with van der Waals surface area (Å²) in [5, 5.41) is 7.34. The maximum atomic E-state index is 13.6. The number of aryl methyl sites for hydroxylation is 1. The molecule has 0 aliphatic rings. The van der Waals surface area contributed by atoms with Gasteiger partial charge in [-0.05, 0) is 47.6 Å². The first kappa shape index (κ1) is 14.1.